The van der Waals surface area contributed by atoms with Crippen LogP contribution in [-0.4, -0.2) is 34.1 Å². The second-order valence-electron chi connectivity index (χ2n) is 6.22. The summed E-state index contributed by atoms with van der Waals surface area (Å²) in [6.45, 7) is 1.34. The lowest BCUT2D eigenvalue weighted by atomic mass is 10.1. The van der Waals surface area contributed by atoms with Crippen LogP contribution in [0.3, 0.4) is 0 Å². The van der Waals surface area contributed by atoms with Crippen molar-refractivity contribution >= 4 is 23.2 Å². The van der Waals surface area contributed by atoms with Crippen LogP contribution in [0.5, 0.6) is 0 Å². The molecule has 0 radical (unpaired) electrons. The maximum atomic E-state index is 14.0. The van der Waals surface area contributed by atoms with Gasteiger partial charge in [-0.15, -0.1) is 0 Å². The van der Waals surface area contributed by atoms with E-state index in [9.17, 15) is 9.18 Å². The number of pyridine rings is 1. The van der Waals surface area contributed by atoms with Crippen molar-refractivity contribution in [3.8, 4) is 0 Å². The fourth-order valence-electron chi connectivity index (χ4n) is 3.31. The van der Waals surface area contributed by atoms with Gasteiger partial charge in [-0.3, -0.25) is 4.79 Å². The molecule has 1 saturated heterocycles. The summed E-state index contributed by atoms with van der Waals surface area (Å²) in [6, 6.07) is 14.8. The van der Waals surface area contributed by atoms with Crippen LogP contribution in [0.15, 0.2) is 60.9 Å². The molecular formula is C20H19FN2OS. The molecular weight excluding hydrogens is 335 g/mol. The summed E-state index contributed by atoms with van der Waals surface area (Å²) in [5, 5.41) is 0.104. The Bertz CT molecular complexity index is 874. The van der Waals surface area contributed by atoms with E-state index in [2.05, 4.69) is 0 Å². The minimum absolute atomic E-state index is 0.0542. The highest BCUT2D eigenvalue weighted by molar-refractivity contribution is 7.99. The molecule has 1 aromatic carbocycles. The highest BCUT2D eigenvalue weighted by Crippen LogP contribution is 2.35. The monoisotopic (exact) mass is 354 g/mol. The van der Waals surface area contributed by atoms with E-state index in [0.29, 0.717) is 18.7 Å². The average molecular weight is 354 g/mol. The molecule has 3 aromatic rings. The van der Waals surface area contributed by atoms with Gasteiger partial charge >= 0.3 is 0 Å². The van der Waals surface area contributed by atoms with E-state index in [1.165, 1.54) is 6.07 Å². The molecule has 0 unspecified atom stereocenters. The summed E-state index contributed by atoms with van der Waals surface area (Å²) < 4.78 is 16.0. The summed E-state index contributed by atoms with van der Waals surface area (Å²) in [5.74, 6) is 0.718. The number of rotatable bonds is 2. The van der Waals surface area contributed by atoms with Crippen LogP contribution in [0.2, 0.25) is 0 Å². The van der Waals surface area contributed by atoms with Crippen LogP contribution in [0.4, 0.5) is 4.39 Å². The Labute approximate surface area is 150 Å². The summed E-state index contributed by atoms with van der Waals surface area (Å²) in [4.78, 5) is 14.8. The molecule has 5 heteroatoms. The number of thioether (sulfide) groups is 1. The Morgan fingerprint density at radius 1 is 1.12 bits per heavy atom. The number of halogens is 1. The quantitative estimate of drug-likeness (QED) is 0.681. The maximum absolute atomic E-state index is 14.0. The number of fused-ring (bicyclic) bond motifs is 1. The molecule has 1 atom stereocenters. The molecule has 3 heterocycles. The van der Waals surface area contributed by atoms with E-state index in [0.717, 1.165) is 23.3 Å². The highest BCUT2D eigenvalue weighted by Gasteiger charge is 2.24. The smallest absolute Gasteiger partial charge is 0.255 e. The lowest BCUT2D eigenvalue weighted by Crippen LogP contribution is -2.32. The number of aromatic nitrogens is 1. The van der Waals surface area contributed by atoms with E-state index in [1.807, 2.05) is 58.1 Å². The van der Waals surface area contributed by atoms with Crippen LogP contribution in [0.1, 0.15) is 27.6 Å². The summed E-state index contributed by atoms with van der Waals surface area (Å²) in [7, 11) is 0. The number of carbonyl (C=O) groups is 1. The Morgan fingerprint density at radius 2 is 1.96 bits per heavy atom. The third kappa shape index (κ3) is 3.29. The number of carbonyl (C=O) groups excluding carboxylic acids is 1. The first-order valence-corrected chi connectivity index (χ1v) is 9.49. The van der Waals surface area contributed by atoms with Crippen molar-refractivity contribution in [1.29, 1.82) is 0 Å². The molecule has 2 aromatic heterocycles. The van der Waals surface area contributed by atoms with Crippen LogP contribution >= 0.6 is 11.8 Å². The molecule has 1 amide bonds. The first-order valence-electron chi connectivity index (χ1n) is 8.44. The van der Waals surface area contributed by atoms with Crippen molar-refractivity contribution < 1.29 is 9.18 Å². The summed E-state index contributed by atoms with van der Waals surface area (Å²) >= 11 is 1.73. The number of amides is 1. The second-order valence-corrected chi connectivity index (χ2v) is 7.53. The SMILES string of the molecule is O=C(c1cc2ccccn2c1)N1CCS[C@H](c2ccccc2F)CC1. The molecule has 0 spiro atoms. The molecule has 128 valence electrons. The van der Waals surface area contributed by atoms with Crippen LogP contribution in [0.25, 0.3) is 5.52 Å². The van der Waals surface area contributed by atoms with E-state index in [-0.39, 0.29) is 17.0 Å². The van der Waals surface area contributed by atoms with E-state index >= 15 is 0 Å². The highest BCUT2D eigenvalue weighted by atomic mass is 32.2. The first kappa shape index (κ1) is 16.2. The predicted octanol–water partition coefficient (Wildman–Crippen LogP) is 4.40. The van der Waals surface area contributed by atoms with Crippen LogP contribution in [0, 0.1) is 5.82 Å². The van der Waals surface area contributed by atoms with Crippen molar-refractivity contribution in [1.82, 2.24) is 9.30 Å². The van der Waals surface area contributed by atoms with Crippen molar-refractivity contribution in [3.05, 3.63) is 77.9 Å². The van der Waals surface area contributed by atoms with Crippen molar-refractivity contribution in [2.45, 2.75) is 11.7 Å². The molecule has 4 rings (SSSR count). The minimum atomic E-state index is -0.154. The fourth-order valence-corrected chi connectivity index (χ4v) is 4.57. The van der Waals surface area contributed by atoms with Crippen molar-refractivity contribution in [3.63, 3.8) is 0 Å². The minimum Gasteiger partial charge on any atom is -0.338 e. The third-order valence-corrected chi connectivity index (χ3v) is 5.94. The third-order valence-electron chi connectivity index (χ3n) is 4.63. The molecule has 25 heavy (non-hydrogen) atoms. The van der Waals surface area contributed by atoms with Crippen LogP contribution in [-0.2, 0) is 0 Å². The predicted molar refractivity (Wildman–Crippen MR) is 99.5 cm³/mol. The van der Waals surface area contributed by atoms with Gasteiger partial charge in [0.1, 0.15) is 5.82 Å². The molecule has 0 saturated carbocycles. The molecule has 0 N–H and O–H groups in total. The van der Waals surface area contributed by atoms with E-state index < -0.39 is 0 Å². The van der Waals surface area contributed by atoms with Gasteiger partial charge in [0.15, 0.2) is 0 Å². The fraction of sp³-hybridized carbons (Fsp3) is 0.250. The largest absolute Gasteiger partial charge is 0.338 e. The first-order chi connectivity index (χ1) is 12.2. The van der Waals surface area contributed by atoms with Gasteiger partial charge < -0.3 is 9.30 Å². The normalized spacial score (nSPS) is 18.3. The molecule has 0 bridgehead atoms. The Kier molecular flexibility index (Phi) is 4.49. The lowest BCUT2D eigenvalue weighted by Gasteiger charge is -2.19. The Balaban J connectivity index is 1.50. The van der Waals surface area contributed by atoms with Gasteiger partial charge in [-0.2, -0.15) is 11.8 Å². The molecule has 0 aliphatic carbocycles. The van der Waals surface area contributed by atoms with Gasteiger partial charge in [0, 0.05) is 47.6 Å². The van der Waals surface area contributed by atoms with Crippen molar-refractivity contribution in [2.75, 3.05) is 18.8 Å². The second kappa shape index (κ2) is 6.92. The number of hydrogen-bond donors (Lipinski definition) is 0. The lowest BCUT2D eigenvalue weighted by molar-refractivity contribution is 0.0766. The molecule has 1 fully saturated rings. The summed E-state index contributed by atoms with van der Waals surface area (Å²) in [5.41, 5.74) is 2.47. The Hall–Kier alpha value is -2.27. The van der Waals surface area contributed by atoms with Gasteiger partial charge in [0.25, 0.3) is 5.91 Å². The zero-order valence-electron chi connectivity index (χ0n) is 13.8. The Morgan fingerprint density at radius 3 is 2.80 bits per heavy atom. The van der Waals surface area contributed by atoms with Crippen LogP contribution < -0.4 is 0 Å². The number of benzene rings is 1. The van der Waals surface area contributed by atoms with E-state index in [1.54, 1.807) is 17.8 Å². The van der Waals surface area contributed by atoms with Gasteiger partial charge in [0.05, 0.1) is 5.56 Å². The zero-order chi connectivity index (χ0) is 17.2. The van der Waals surface area contributed by atoms with Gasteiger partial charge in [-0.25, -0.2) is 4.39 Å². The van der Waals surface area contributed by atoms with E-state index in [4.69, 9.17) is 0 Å². The number of hydrogen-bond acceptors (Lipinski definition) is 2. The van der Waals surface area contributed by atoms with Crippen molar-refractivity contribution in [2.24, 2.45) is 0 Å². The molecule has 3 nitrogen and oxygen atoms in total. The van der Waals surface area contributed by atoms with Gasteiger partial charge in [-0.05, 0) is 30.7 Å². The topological polar surface area (TPSA) is 24.7 Å². The average Bonchev–Trinajstić information content (AvgIpc) is 2.92. The van der Waals surface area contributed by atoms with Gasteiger partial charge in [0.2, 0.25) is 0 Å². The zero-order valence-corrected chi connectivity index (χ0v) is 14.6. The maximum Gasteiger partial charge on any atom is 0.255 e. The number of nitrogens with zero attached hydrogens (tertiary/aromatic N) is 2. The van der Waals surface area contributed by atoms with Gasteiger partial charge in [-0.1, -0.05) is 24.3 Å². The molecule has 1 aliphatic heterocycles. The summed E-state index contributed by atoms with van der Waals surface area (Å²) in [6.07, 6.45) is 4.59. The standard InChI is InChI=1S/C20H19FN2OS/c21-18-7-2-1-6-17(18)19-8-10-22(11-12-25-19)20(24)15-13-16-5-3-4-9-23(16)14-15/h1-7,9,13-14,19H,8,10-12H2/t19-/m0/s1. The molecule has 1 aliphatic rings.